The van der Waals surface area contributed by atoms with Crippen LogP contribution in [0.3, 0.4) is 0 Å². The second-order valence-electron chi connectivity index (χ2n) is 6.75. The van der Waals surface area contributed by atoms with Crippen LogP contribution in [0.25, 0.3) is 0 Å². The van der Waals surface area contributed by atoms with Gasteiger partial charge < -0.3 is 15.0 Å². The number of esters is 1. The maximum Gasteiger partial charge on any atom is 0.321 e. The summed E-state index contributed by atoms with van der Waals surface area (Å²) in [5, 5.41) is 14.2. The van der Waals surface area contributed by atoms with Crippen molar-refractivity contribution in [3.63, 3.8) is 0 Å². The number of benzene rings is 2. The first kappa shape index (κ1) is 25.0. The normalized spacial score (nSPS) is 11.0. The van der Waals surface area contributed by atoms with Crippen molar-refractivity contribution in [3.8, 4) is 0 Å². The van der Waals surface area contributed by atoms with E-state index in [4.69, 9.17) is 16.3 Å². The molecule has 2 N–H and O–H groups in total. The van der Waals surface area contributed by atoms with E-state index in [1.807, 2.05) is 4.72 Å². The highest BCUT2D eigenvalue weighted by Gasteiger charge is 2.23. The van der Waals surface area contributed by atoms with Crippen LogP contribution in [0.2, 0.25) is 5.02 Å². The molecule has 0 saturated heterocycles. The minimum Gasteiger partial charge on any atom is -0.455 e. The molecule has 172 valence electrons. The van der Waals surface area contributed by atoms with Crippen LogP contribution in [-0.2, 0) is 24.3 Å². The lowest BCUT2D eigenvalue weighted by molar-refractivity contribution is -0.384. The summed E-state index contributed by atoms with van der Waals surface area (Å²) in [5.41, 5.74) is 0.890. The molecule has 0 bridgehead atoms. The number of nitrogens with one attached hydrogen (secondary N) is 2. The van der Waals surface area contributed by atoms with Gasteiger partial charge in [0.1, 0.15) is 12.2 Å². The molecule has 0 aliphatic heterocycles. The monoisotopic (exact) mass is 484 g/mol. The highest BCUT2D eigenvalue weighted by atomic mass is 35.5. The number of nitrogens with zero attached hydrogens (tertiary/aromatic N) is 2. The van der Waals surface area contributed by atoms with Gasteiger partial charge in [-0.15, -0.1) is 0 Å². The summed E-state index contributed by atoms with van der Waals surface area (Å²) in [6, 6.07) is 8.27. The molecule has 0 radical (unpaired) electrons. The topological polar surface area (TPSA) is 148 Å². The van der Waals surface area contributed by atoms with E-state index in [-0.39, 0.29) is 5.69 Å². The Bertz CT molecular complexity index is 1150. The molecule has 0 aliphatic carbocycles. The van der Waals surface area contributed by atoms with Crippen molar-refractivity contribution in [1.29, 1.82) is 0 Å². The average molecular weight is 485 g/mol. The molecule has 0 heterocycles. The first-order chi connectivity index (χ1) is 14.9. The molecular weight excluding hydrogens is 464 g/mol. The van der Waals surface area contributed by atoms with Gasteiger partial charge in [-0.05, 0) is 36.8 Å². The first-order valence-corrected chi connectivity index (χ1v) is 10.9. The number of hydrogen-bond donors (Lipinski definition) is 2. The number of amides is 1. The molecule has 0 spiro atoms. The van der Waals surface area contributed by atoms with Crippen molar-refractivity contribution in [1.82, 2.24) is 4.72 Å². The second-order valence-corrected chi connectivity index (χ2v) is 8.92. The standard InChI is InChI=1S/C19H21ClN4O7S/c1-12-14(20)5-4-6-15(12)22-18(25)11-31-19(26)10-21-32(29,30)13-7-8-16(23(2)3)17(9-13)24(27)28/h4-9,21H,10-11H2,1-3H3,(H,22,25). The predicted molar refractivity (Wildman–Crippen MR) is 118 cm³/mol. The Kier molecular flexibility index (Phi) is 8.14. The van der Waals surface area contributed by atoms with Crippen LogP contribution in [0, 0.1) is 17.0 Å². The van der Waals surface area contributed by atoms with Crippen LogP contribution >= 0.6 is 11.6 Å². The third kappa shape index (κ3) is 6.39. The number of sulfonamides is 1. The van der Waals surface area contributed by atoms with E-state index in [1.165, 1.54) is 17.0 Å². The molecule has 32 heavy (non-hydrogen) atoms. The largest absolute Gasteiger partial charge is 0.455 e. The zero-order valence-electron chi connectivity index (χ0n) is 17.4. The van der Waals surface area contributed by atoms with Crippen LogP contribution in [0.1, 0.15) is 5.56 Å². The molecule has 0 unspecified atom stereocenters. The summed E-state index contributed by atoms with van der Waals surface area (Å²) < 4.78 is 31.5. The molecule has 2 rings (SSSR count). The minimum absolute atomic E-state index is 0.217. The van der Waals surface area contributed by atoms with Crippen molar-refractivity contribution in [3.05, 3.63) is 57.1 Å². The third-order valence-electron chi connectivity index (χ3n) is 4.25. The maximum absolute atomic E-state index is 12.4. The molecule has 0 aliphatic rings. The van der Waals surface area contributed by atoms with Crippen molar-refractivity contribution >= 4 is 50.6 Å². The van der Waals surface area contributed by atoms with Crippen LogP contribution in [-0.4, -0.2) is 52.5 Å². The smallest absolute Gasteiger partial charge is 0.321 e. The fourth-order valence-corrected chi connectivity index (χ4v) is 3.72. The van der Waals surface area contributed by atoms with E-state index in [9.17, 15) is 28.1 Å². The van der Waals surface area contributed by atoms with E-state index < -0.39 is 50.6 Å². The van der Waals surface area contributed by atoms with Crippen LogP contribution in [0.4, 0.5) is 17.1 Å². The summed E-state index contributed by atoms with van der Waals surface area (Å²) in [5.74, 6) is -1.65. The van der Waals surface area contributed by atoms with E-state index >= 15 is 0 Å². The van der Waals surface area contributed by atoms with E-state index in [1.54, 1.807) is 39.2 Å². The number of rotatable bonds is 9. The van der Waals surface area contributed by atoms with Crippen LogP contribution < -0.4 is 14.9 Å². The Morgan fingerprint density at radius 2 is 1.91 bits per heavy atom. The Hall–Kier alpha value is -3.22. The zero-order chi connectivity index (χ0) is 24.1. The number of anilines is 2. The van der Waals surface area contributed by atoms with Crippen LogP contribution in [0.15, 0.2) is 41.3 Å². The molecule has 11 nitrogen and oxygen atoms in total. The average Bonchev–Trinajstić information content (AvgIpc) is 2.73. The van der Waals surface area contributed by atoms with Gasteiger partial charge in [0.2, 0.25) is 10.0 Å². The maximum atomic E-state index is 12.4. The SMILES string of the molecule is Cc1c(Cl)cccc1NC(=O)COC(=O)CNS(=O)(=O)c1ccc(N(C)C)c([N+](=O)[O-])c1. The van der Waals surface area contributed by atoms with Gasteiger partial charge in [0.05, 0.1) is 9.82 Å². The number of nitro benzene ring substituents is 1. The Morgan fingerprint density at radius 3 is 2.53 bits per heavy atom. The molecular formula is C19H21ClN4O7S. The number of carbonyl (C=O) groups is 2. The van der Waals surface area contributed by atoms with E-state index in [0.29, 0.717) is 16.3 Å². The second kappa shape index (κ2) is 10.4. The lowest BCUT2D eigenvalue weighted by Crippen LogP contribution is -2.32. The number of carbonyl (C=O) groups excluding carboxylic acids is 2. The fourth-order valence-electron chi connectivity index (χ4n) is 2.56. The van der Waals surface area contributed by atoms with Gasteiger partial charge >= 0.3 is 5.97 Å². The van der Waals surface area contributed by atoms with Gasteiger partial charge in [-0.2, -0.15) is 4.72 Å². The lowest BCUT2D eigenvalue weighted by Gasteiger charge is -2.14. The molecule has 2 aromatic rings. The lowest BCUT2D eigenvalue weighted by atomic mass is 10.2. The zero-order valence-corrected chi connectivity index (χ0v) is 19.0. The highest BCUT2D eigenvalue weighted by molar-refractivity contribution is 7.89. The van der Waals surface area contributed by atoms with Crippen molar-refractivity contribution in [2.45, 2.75) is 11.8 Å². The summed E-state index contributed by atoms with van der Waals surface area (Å²) in [4.78, 5) is 35.4. The molecule has 13 heteroatoms. The van der Waals surface area contributed by atoms with Crippen molar-refractivity contribution in [2.24, 2.45) is 0 Å². The molecule has 1 amide bonds. The van der Waals surface area contributed by atoms with Crippen molar-refractivity contribution < 1.29 is 27.7 Å². The van der Waals surface area contributed by atoms with Gasteiger partial charge in [0, 0.05) is 30.9 Å². The number of halogens is 1. The summed E-state index contributed by atoms with van der Waals surface area (Å²) in [6.07, 6.45) is 0. The van der Waals surface area contributed by atoms with Gasteiger partial charge in [-0.3, -0.25) is 19.7 Å². The molecule has 0 saturated carbocycles. The Balaban J connectivity index is 1.95. The Labute approximate surface area is 189 Å². The van der Waals surface area contributed by atoms with Crippen molar-refractivity contribution in [2.75, 3.05) is 37.5 Å². The summed E-state index contributed by atoms with van der Waals surface area (Å²) in [6.45, 7) is 0.290. The Morgan fingerprint density at radius 1 is 1.22 bits per heavy atom. The molecule has 0 fully saturated rings. The van der Waals surface area contributed by atoms with E-state index in [0.717, 1.165) is 6.07 Å². The fraction of sp³-hybridized carbons (Fsp3) is 0.263. The molecule has 2 aromatic carbocycles. The predicted octanol–water partition coefficient (Wildman–Crippen LogP) is 2.08. The third-order valence-corrected chi connectivity index (χ3v) is 6.06. The number of ether oxygens (including phenoxy) is 1. The van der Waals surface area contributed by atoms with Gasteiger partial charge in [0.25, 0.3) is 11.6 Å². The number of hydrogen-bond acceptors (Lipinski definition) is 8. The first-order valence-electron chi connectivity index (χ1n) is 9.08. The van der Waals surface area contributed by atoms with E-state index in [2.05, 4.69) is 5.32 Å². The quantitative estimate of drug-likeness (QED) is 0.312. The van der Waals surface area contributed by atoms with Crippen LogP contribution in [0.5, 0.6) is 0 Å². The summed E-state index contributed by atoms with van der Waals surface area (Å²) >= 11 is 5.97. The number of nitro groups is 1. The van der Waals surface area contributed by atoms with Gasteiger partial charge in [-0.25, -0.2) is 8.42 Å². The molecule has 0 aromatic heterocycles. The summed E-state index contributed by atoms with van der Waals surface area (Å²) in [7, 11) is -1.08. The molecule has 0 atom stereocenters. The highest BCUT2D eigenvalue weighted by Crippen LogP contribution is 2.29. The van der Waals surface area contributed by atoms with Gasteiger partial charge in [-0.1, -0.05) is 17.7 Å². The minimum atomic E-state index is -4.24. The van der Waals surface area contributed by atoms with Gasteiger partial charge in [0.15, 0.2) is 6.61 Å².